The van der Waals surface area contributed by atoms with E-state index in [4.69, 9.17) is 0 Å². The summed E-state index contributed by atoms with van der Waals surface area (Å²) in [6.45, 7) is 6.78. The van der Waals surface area contributed by atoms with E-state index in [-0.39, 0.29) is 23.8 Å². The van der Waals surface area contributed by atoms with E-state index in [1.165, 1.54) is 12.1 Å². The van der Waals surface area contributed by atoms with Gasteiger partial charge in [-0.3, -0.25) is 14.9 Å². The topological polar surface area (TPSA) is 75.5 Å². The molecule has 0 aliphatic heterocycles. The van der Waals surface area contributed by atoms with Gasteiger partial charge < -0.3 is 10.2 Å². The van der Waals surface area contributed by atoms with Crippen LogP contribution in [0.3, 0.4) is 0 Å². The summed E-state index contributed by atoms with van der Waals surface area (Å²) in [5, 5.41) is 13.7. The van der Waals surface area contributed by atoms with Crippen molar-refractivity contribution in [1.29, 1.82) is 0 Å². The van der Waals surface area contributed by atoms with Crippen LogP contribution in [-0.4, -0.2) is 23.9 Å². The second-order valence-electron chi connectivity index (χ2n) is 5.68. The first-order chi connectivity index (χ1) is 11.4. The van der Waals surface area contributed by atoms with Crippen molar-refractivity contribution in [3.8, 4) is 0 Å². The van der Waals surface area contributed by atoms with Crippen molar-refractivity contribution in [1.82, 2.24) is 0 Å². The van der Waals surface area contributed by atoms with Gasteiger partial charge in [0.15, 0.2) is 0 Å². The first kappa shape index (κ1) is 17.5. The molecule has 0 radical (unpaired) electrons. The van der Waals surface area contributed by atoms with Gasteiger partial charge in [0.2, 0.25) is 5.91 Å². The molecular formula is C18H21N3O3. The van der Waals surface area contributed by atoms with Crippen molar-refractivity contribution in [2.24, 2.45) is 0 Å². The molecule has 0 aromatic heterocycles. The number of carbonyl (C=O) groups excluding carboxylic acids is 1. The fourth-order valence-corrected chi connectivity index (χ4v) is 2.62. The highest BCUT2D eigenvalue weighted by molar-refractivity contribution is 5.96. The van der Waals surface area contributed by atoms with Crippen LogP contribution in [0.25, 0.3) is 0 Å². The number of likely N-dealkylation sites (N-methyl/N-ethyl adjacent to an activating group) is 1. The van der Waals surface area contributed by atoms with E-state index >= 15 is 0 Å². The van der Waals surface area contributed by atoms with E-state index in [0.717, 1.165) is 16.8 Å². The molecule has 0 spiro atoms. The second-order valence-corrected chi connectivity index (χ2v) is 5.68. The van der Waals surface area contributed by atoms with Gasteiger partial charge in [-0.2, -0.15) is 0 Å². The SMILES string of the molecule is CCN(CC(=O)Nc1ccccc1[N+](=O)[O-])c1cc(C)cc(C)c1. The highest BCUT2D eigenvalue weighted by atomic mass is 16.6. The van der Waals surface area contributed by atoms with Gasteiger partial charge >= 0.3 is 0 Å². The number of anilines is 2. The van der Waals surface area contributed by atoms with E-state index < -0.39 is 4.92 Å². The second kappa shape index (κ2) is 7.59. The van der Waals surface area contributed by atoms with Crippen LogP contribution in [0.1, 0.15) is 18.1 Å². The predicted molar refractivity (Wildman–Crippen MR) is 95.5 cm³/mol. The van der Waals surface area contributed by atoms with Gasteiger partial charge in [-0.1, -0.05) is 18.2 Å². The Kier molecular flexibility index (Phi) is 5.52. The summed E-state index contributed by atoms with van der Waals surface area (Å²) < 4.78 is 0. The predicted octanol–water partition coefficient (Wildman–Crippen LogP) is 3.68. The Bertz CT molecular complexity index is 739. The average molecular weight is 327 g/mol. The highest BCUT2D eigenvalue weighted by Crippen LogP contribution is 2.23. The number of hydrogen-bond acceptors (Lipinski definition) is 4. The molecule has 0 fully saturated rings. The summed E-state index contributed by atoms with van der Waals surface area (Å²) in [5.74, 6) is -0.287. The van der Waals surface area contributed by atoms with Crippen LogP contribution in [-0.2, 0) is 4.79 Å². The Morgan fingerprint density at radius 2 is 1.79 bits per heavy atom. The Labute approximate surface area is 141 Å². The molecule has 24 heavy (non-hydrogen) atoms. The van der Waals surface area contributed by atoms with E-state index in [1.54, 1.807) is 12.1 Å². The van der Waals surface area contributed by atoms with Crippen LogP contribution in [0.15, 0.2) is 42.5 Å². The highest BCUT2D eigenvalue weighted by Gasteiger charge is 2.16. The largest absolute Gasteiger partial charge is 0.362 e. The molecular weight excluding hydrogens is 306 g/mol. The summed E-state index contributed by atoms with van der Waals surface area (Å²) >= 11 is 0. The number of para-hydroxylation sites is 2. The van der Waals surface area contributed by atoms with Crippen molar-refractivity contribution in [3.05, 3.63) is 63.7 Å². The Morgan fingerprint density at radius 1 is 1.17 bits per heavy atom. The van der Waals surface area contributed by atoms with Crippen molar-refractivity contribution in [2.45, 2.75) is 20.8 Å². The summed E-state index contributed by atoms with van der Waals surface area (Å²) in [4.78, 5) is 24.8. The normalized spacial score (nSPS) is 10.3. The standard InChI is InChI=1S/C18H21N3O3/c1-4-20(15-10-13(2)9-14(3)11-15)12-18(22)19-16-7-5-6-8-17(16)21(23)24/h5-11H,4,12H2,1-3H3,(H,19,22). The zero-order chi connectivity index (χ0) is 17.7. The lowest BCUT2D eigenvalue weighted by Gasteiger charge is -2.23. The third kappa shape index (κ3) is 4.32. The van der Waals surface area contributed by atoms with E-state index in [1.807, 2.05) is 37.8 Å². The maximum Gasteiger partial charge on any atom is 0.292 e. The molecule has 0 heterocycles. The van der Waals surface area contributed by atoms with Crippen LogP contribution in [0.5, 0.6) is 0 Å². The van der Waals surface area contributed by atoms with Gasteiger partial charge in [0.05, 0.1) is 11.5 Å². The third-order valence-corrected chi connectivity index (χ3v) is 3.66. The molecule has 0 unspecified atom stereocenters. The number of nitro groups is 1. The summed E-state index contributed by atoms with van der Waals surface area (Å²) in [6.07, 6.45) is 0. The molecule has 2 aromatic carbocycles. The molecule has 0 aliphatic rings. The maximum absolute atomic E-state index is 12.3. The molecule has 0 saturated heterocycles. The molecule has 1 N–H and O–H groups in total. The number of nitrogens with zero attached hydrogens (tertiary/aromatic N) is 2. The molecule has 0 saturated carbocycles. The lowest BCUT2D eigenvalue weighted by Crippen LogP contribution is -2.33. The van der Waals surface area contributed by atoms with E-state index in [0.29, 0.717) is 6.54 Å². The fourth-order valence-electron chi connectivity index (χ4n) is 2.62. The van der Waals surface area contributed by atoms with Gasteiger partial charge in [-0.05, 0) is 50.1 Å². The van der Waals surface area contributed by atoms with Crippen molar-refractivity contribution >= 4 is 23.0 Å². The number of hydrogen-bond donors (Lipinski definition) is 1. The number of benzene rings is 2. The lowest BCUT2D eigenvalue weighted by molar-refractivity contribution is -0.383. The first-order valence-electron chi connectivity index (χ1n) is 7.77. The summed E-state index contributed by atoms with van der Waals surface area (Å²) in [6, 6.07) is 12.3. The zero-order valence-corrected chi connectivity index (χ0v) is 14.1. The van der Waals surface area contributed by atoms with Crippen molar-refractivity contribution in [3.63, 3.8) is 0 Å². The monoisotopic (exact) mass is 327 g/mol. The lowest BCUT2D eigenvalue weighted by atomic mass is 10.1. The number of amides is 1. The quantitative estimate of drug-likeness (QED) is 0.649. The minimum Gasteiger partial charge on any atom is -0.362 e. The van der Waals surface area contributed by atoms with Crippen molar-refractivity contribution < 1.29 is 9.72 Å². The third-order valence-electron chi connectivity index (χ3n) is 3.66. The van der Waals surface area contributed by atoms with Gasteiger partial charge in [-0.15, -0.1) is 0 Å². The Balaban J connectivity index is 2.14. The molecule has 0 atom stereocenters. The van der Waals surface area contributed by atoms with Gasteiger partial charge in [-0.25, -0.2) is 0 Å². The van der Waals surface area contributed by atoms with Crippen molar-refractivity contribution in [2.75, 3.05) is 23.3 Å². The molecule has 6 heteroatoms. The molecule has 2 rings (SSSR count). The number of carbonyl (C=O) groups is 1. The minimum absolute atomic E-state index is 0.111. The summed E-state index contributed by atoms with van der Waals surface area (Å²) in [5.41, 5.74) is 3.32. The molecule has 1 amide bonds. The number of nitrogens with one attached hydrogen (secondary N) is 1. The molecule has 6 nitrogen and oxygen atoms in total. The van der Waals surface area contributed by atoms with Crippen LogP contribution < -0.4 is 10.2 Å². The number of rotatable bonds is 6. The van der Waals surface area contributed by atoms with Crippen LogP contribution in [0.2, 0.25) is 0 Å². The molecule has 0 aliphatic carbocycles. The van der Waals surface area contributed by atoms with Crippen LogP contribution in [0.4, 0.5) is 17.1 Å². The van der Waals surface area contributed by atoms with Gasteiger partial charge in [0.1, 0.15) is 5.69 Å². The van der Waals surface area contributed by atoms with E-state index in [2.05, 4.69) is 11.4 Å². The number of aryl methyl sites for hydroxylation is 2. The zero-order valence-electron chi connectivity index (χ0n) is 14.1. The average Bonchev–Trinajstić information content (AvgIpc) is 2.52. The molecule has 126 valence electrons. The smallest absolute Gasteiger partial charge is 0.292 e. The van der Waals surface area contributed by atoms with Gasteiger partial charge in [0.25, 0.3) is 5.69 Å². The Morgan fingerprint density at radius 3 is 2.38 bits per heavy atom. The van der Waals surface area contributed by atoms with Crippen LogP contribution >= 0.6 is 0 Å². The van der Waals surface area contributed by atoms with Gasteiger partial charge in [0, 0.05) is 18.3 Å². The maximum atomic E-state index is 12.3. The number of nitro benzene ring substituents is 1. The Hall–Kier alpha value is -2.89. The fraction of sp³-hybridized carbons (Fsp3) is 0.278. The van der Waals surface area contributed by atoms with E-state index in [9.17, 15) is 14.9 Å². The van der Waals surface area contributed by atoms with Crippen LogP contribution in [0, 0.1) is 24.0 Å². The molecule has 2 aromatic rings. The summed E-state index contributed by atoms with van der Waals surface area (Å²) in [7, 11) is 0. The minimum atomic E-state index is -0.503. The molecule has 0 bridgehead atoms. The first-order valence-corrected chi connectivity index (χ1v) is 7.77.